The van der Waals surface area contributed by atoms with Gasteiger partial charge in [0.15, 0.2) is 0 Å². The zero-order chi connectivity index (χ0) is 14.5. The number of hydrogen-bond donors (Lipinski definition) is 1. The van der Waals surface area contributed by atoms with Gasteiger partial charge in [-0.2, -0.15) is 0 Å². The van der Waals surface area contributed by atoms with Crippen LogP contribution in [0.4, 0.5) is 4.39 Å². The highest BCUT2D eigenvalue weighted by molar-refractivity contribution is 9.10. The minimum atomic E-state index is -0.363. The normalized spacial score (nSPS) is 12.2. The lowest BCUT2D eigenvalue weighted by Gasteiger charge is -2.09. The molecule has 0 saturated heterocycles. The largest absolute Gasteiger partial charge is 0.489 e. The number of aliphatic hydroxyl groups excluding tert-OH is 1. The van der Waals surface area contributed by atoms with E-state index in [1.165, 1.54) is 6.07 Å². The fraction of sp³-hybridized carbons (Fsp3) is 0.250. The first kappa shape index (κ1) is 15.0. The third-order valence-electron chi connectivity index (χ3n) is 2.86. The van der Waals surface area contributed by atoms with Gasteiger partial charge in [-0.3, -0.25) is 0 Å². The van der Waals surface area contributed by atoms with Crippen molar-refractivity contribution in [3.8, 4) is 5.75 Å². The smallest absolute Gasteiger partial charge is 0.129 e. The third-order valence-corrected chi connectivity index (χ3v) is 3.35. The van der Waals surface area contributed by atoms with Crippen LogP contribution in [0.1, 0.15) is 18.1 Å². The number of ether oxygens (including phenoxy) is 1. The molecule has 2 aromatic rings. The summed E-state index contributed by atoms with van der Waals surface area (Å²) in [6.07, 6.45) is 0.248. The van der Waals surface area contributed by atoms with Crippen LogP contribution in [0.2, 0.25) is 0 Å². The molecule has 1 unspecified atom stereocenters. The standard InChI is InChI=1S/C16H16BrFO2/c1-11(19)8-12-2-5-15(6-3-12)20-10-13-9-14(17)4-7-16(13)18/h2-7,9,11,19H,8,10H2,1H3. The van der Waals surface area contributed by atoms with Crippen molar-refractivity contribution in [1.29, 1.82) is 0 Å². The van der Waals surface area contributed by atoms with Gasteiger partial charge in [0.05, 0.1) is 6.10 Å². The molecule has 1 atom stereocenters. The van der Waals surface area contributed by atoms with Gasteiger partial charge in [0, 0.05) is 10.0 Å². The summed E-state index contributed by atoms with van der Waals surface area (Å²) in [7, 11) is 0. The minimum absolute atomic E-state index is 0.182. The van der Waals surface area contributed by atoms with E-state index in [9.17, 15) is 9.50 Å². The molecule has 20 heavy (non-hydrogen) atoms. The Morgan fingerprint density at radius 3 is 2.55 bits per heavy atom. The molecule has 106 valence electrons. The number of hydrogen-bond acceptors (Lipinski definition) is 2. The second-order valence-electron chi connectivity index (χ2n) is 4.72. The van der Waals surface area contributed by atoms with Crippen LogP contribution >= 0.6 is 15.9 Å². The highest BCUT2D eigenvalue weighted by Crippen LogP contribution is 2.19. The van der Waals surface area contributed by atoms with Crippen molar-refractivity contribution in [1.82, 2.24) is 0 Å². The van der Waals surface area contributed by atoms with Crippen molar-refractivity contribution < 1.29 is 14.2 Å². The van der Waals surface area contributed by atoms with Crippen LogP contribution in [-0.4, -0.2) is 11.2 Å². The summed E-state index contributed by atoms with van der Waals surface area (Å²) in [5.41, 5.74) is 1.55. The molecule has 0 radical (unpaired) electrons. The summed E-state index contributed by atoms with van der Waals surface area (Å²) in [5, 5.41) is 9.31. The van der Waals surface area contributed by atoms with Crippen LogP contribution in [0.5, 0.6) is 5.75 Å². The monoisotopic (exact) mass is 338 g/mol. The average Bonchev–Trinajstić information content (AvgIpc) is 2.41. The summed E-state index contributed by atoms with van der Waals surface area (Å²) in [4.78, 5) is 0. The minimum Gasteiger partial charge on any atom is -0.489 e. The molecule has 0 aliphatic rings. The van der Waals surface area contributed by atoms with E-state index in [1.807, 2.05) is 24.3 Å². The Balaban J connectivity index is 1.98. The molecular weight excluding hydrogens is 323 g/mol. The van der Waals surface area contributed by atoms with Crippen molar-refractivity contribution in [2.45, 2.75) is 26.1 Å². The number of rotatable bonds is 5. The summed E-state index contributed by atoms with van der Waals surface area (Å²) in [6, 6.07) is 12.2. The van der Waals surface area contributed by atoms with Gasteiger partial charge in [-0.25, -0.2) is 4.39 Å². The lowest BCUT2D eigenvalue weighted by molar-refractivity contribution is 0.195. The van der Waals surface area contributed by atoms with E-state index < -0.39 is 0 Å². The van der Waals surface area contributed by atoms with Gasteiger partial charge < -0.3 is 9.84 Å². The Labute approximate surface area is 126 Å². The summed E-state index contributed by atoms with van der Waals surface area (Å²) >= 11 is 3.31. The van der Waals surface area contributed by atoms with Crippen LogP contribution in [0.3, 0.4) is 0 Å². The molecule has 0 aliphatic carbocycles. The van der Waals surface area contributed by atoms with Crippen LogP contribution in [0.25, 0.3) is 0 Å². The van der Waals surface area contributed by atoms with Gasteiger partial charge in [-0.05, 0) is 49.2 Å². The number of benzene rings is 2. The molecular formula is C16H16BrFO2. The Morgan fingerprint density at radius 1 is 1.20 bits per heavy atom. The highest BCUT2D eigenvalue weighted by Gasteiger charge is 2.04. The predicted octanol–water partition coefficient (Wildman–Crippen LogP) is 4.09. The topological polar surface area (TPSA) is 29.5 Å². The summed E-state index contributed by atoms with van der Waals surface area (Å²) in [6.45, 7) is 1.93. The molecule has 2 nitrogen and oxygen atoms in total. The van der Waals surface area contributed by atoms with E-state index >= 15 is 0 Å². The SMILES string of the molecule is CC(O)Cc1ccc(OCc2cc(Br)ccc2F)cc1. The van der Waals surface area contributed by atoms with Crippen LogP contribution in [-0.2, 0) is 13.0 Å². The van der Waals surface area contributed by atoms with Gasteiger partial charge in [0.25, 0.3) is 0 Å². The molecule has 0 bridgehead atoms. The molecule has 0 aromatic heterocycles. The number of aliphatic hydroxyl groups is 1. The van der Waals surface area contributed by atoms with E-state index in [1.54, 1.807) is 19.1 Å². The Bertz CT molecular complexity index is 567. The van der Waals surface area contributed by atoms with Crippen molar-refractivity contribution >= 4 is 15.9 Å². The molecule has 0 fully saturated rings. The highest BCUT2D eigenvalue weighted by atomic mass is 79.9. The molecule has 1 N–H and O–H groups in total. The Morgan fingerprint density at radius 2 is 1.90 bits per heavy atom. The van der Waals surface area contributed by atoms with Gasteiger partial charge in [0.1, 0.15) is 18.2 Å². The Kier molecular flexibility index (Phi) is 5.15. The molecule has 2 rings (SSSR count). The predicted molar refractivity (Wildman–Crippen MR) is 80.3 cm³/mol. The van der Waals surface area contributed by atoms with Crippen molar-refractivity contribution in [2.75, 3.05) is 0 Å². The second kappa shape index (κ2) is 6.86. The molecule has 0 amide bonds. The first-order valence-electron chi connectivity index (χ1n) is 6.38. The zero-order valence-electron chi connectivity index (χ0n) is 11.1. The maximum absolute atomic E-state index is 13.6. The fourth-order valence-electron chi connectivity index (χ4n) is 1.88. The van der Waals surface area contributed by atoms with E-state index in [-0.39, 0.29) is 18.5 Å². The van der Waals surface area contributed by atoms with E-state index in [0.717, 1.165) is 10.0 Å². The summed E-state index contributed by atoms with van der Waals surface area (Å²) < 4.78 is 19.9. The summed E-state index contributed by atoms with van der Waals surface area (Å²) in [5.74, 6) is 0.401. The molecule has 2 aromatic carbocycles. The maximum Gasteiger partial charge on any atom is 0.129 e. The van der Waals surface area contributed by atoms with Crippen molar-refractivity contribution in [2.24, 2.45) is 0 Å². The molecule has 0 aliphatic heterocycles. The van der Waals surface area contributed by atoms with Crippen LogP contribution in [0, 0.1) is 5.82 Å². The van der Waals surface area contributed by atoms with Gasteiger partial charge in [-0.1, -0.05) is 28.1 Å². The third kappa shape index (κ3) is 4.32. The molecule has 0 saturated carbocycles. The van der Waals surface area contributed by atoms with Crippen LogP contribution < -0.4 is 4.74 Å². The first-order chi connectivity index (χ1) is 9.54. The van der Waals surface area contributed by atoms with Crippen molar-refractivity contribution in [3.63, 3.8) is 0 Å². The molecule has 0 spiro atoms. The fourth-order valence-corrected chi connectivity index (χ4v) is 2.29. The van der Waals surface area contributed by atoms with E-state index in [4.69, 9.17) is 4.74 Å². The Hall–Kier alpha value is -1.39. The van der Waals surface area contributed by atoms with Gasteiger partial charge in [-0.15, -0.1) is 0 Å². The lowest BCUT2D eigenvalue weighted by Crippen LogP contribution is -2.04. The van der Waals surface area contributed by atoms with E-state index in [0.29, 0.717) is 17.7 Å². The van der Waals surface area contributed by atoms with Crippen molar-refractivity contribution in [3.05, 3.63) is 63.9 Å². The van der Waals surface area contributed by atoms with Gasteiger partial charge in [0.2, 0.25) is 0 Å². The molecule has 4 heteroatoms. The lowest BCUT2D eigenvalue weighted by atomic mass is 10.1. The quantitative estimate of drug-likeness (QED) is 0.889. The maximum atomic E-state index is 13.6. The second-order valence-corrected chi connectivity index (χ2v) is 5.64. The average molecular weight is 339 g/mol. The van der Waals surface area contributed by atoms with E-state index in [2.05, 4.69) is 15.9 Å². The zero-order valence-corrected chi connectivity index (χ0v) is 12.7. The van der Waals surface area contributed by atoms with Crippen LogP contribution in [0.15, 0.2) is 46.9 Å². The van der Waals surface area contributed by atoms with Gasteiger partial charge >= 0.3 is 0 Å². The first-order valence-corrected chi connectivity index (χ1v) is 7.17. The molecule has 0 heterocycles. The number of halogens is 2.